The van der Waals surface area contributed by atoms with Crippen molar-refractivity contribution in [2.75, 3.05) is 0 Å². The molecular weight excluding hydrogens is 286 g/mol. The van der Waals surface area contributed by atoms with E-state index in [9.17, 15) is 25.4 Å². The fraction of sp³-hybridized carbons (Fsp3) is 0.500. The summed E-state index contributed by atoms with van der Waals surface area (Å²) in [6.07, 6.45) is -4.54. The van der Waals surface area contributed by atoms with Crippen molar-refractivity contribution in [2.45, 2.75) is 41.7 Å². The van der Waals surface area contributed by atoms with Crippen LogP contribution >= 0.6 is 11.8 Å². The van der Waals surface area contributed by atoms with E-state index in [1.165, 1.54) is 6.07 Å². The van der Waals surface area contributed by atoms with Gasteiger partial charge in [-0.25, -0.2) is 0 Å². The highest BCUT2D eigenvalue weighted by Crippen LogP contribution is 2.37. The van der Waals surface area contributed by atoms with Crippen LogP contribution in [0.4, 0.5) is 5.69 Å². The van der Waals surface area contributed by atoms with Gasteiger partial charge in [-0.15, -0.1) is 0 Å². The summed E-state index contributed by atoms with van der Waals surface area (Å²) in [5, 5.41) is 40.1. The van der Waals surface area contributed by atoms with E-state index in [2.05, 4.69) is 0 Å². The Balaban J connectivity index is 2.20. The van der Waals surface area contributed by atoms with Crippen molar-refractivity contribution in [3.63, 3.8) is 0 Å². The summed E-state index contributed by atoms with van der Waals surface area (Å²) in [5.41, 5.74) is -0.980. The van der Waals surface area contributed by atoms with Crippen LogP contribution in [-0.4, -0.2) is 50.1 Å². The van der Waals surface area contributed by atoms with Crippen LogP contribution in [-0.2, 0) is 4.74 Å². The molecule has 1 fully saturated rings. The summed E-state index contributed by atoms with van der Waals surface area (Å²) in [6.45, 7) is 1.56. The van der Waals surface area contributed by atoms with Crippen LogP contribution in [0.25, 0.3) is 0 Å². The molecule has 0 unspecified atom stereocenters. The van der Waals surface area contributed by atoms with Crippen LogP contribution in [0.15, 0.2) is 29.2 Å². The number of para-hydroxylation sites is 1. The van der Waals surface area contributed by atoms with Crippen LogP contribution in [0, 0.1) is 10.1 Å². The fourth-order valence-electron chi connectivity index (χ4n) is 1.94. The first-order valence-electron chi connectivity index (χ1n) is 6.01. The average Bonchev–Trinajstić information content (AvgIpc) is 2.43. The number of benzene rings is 1. The molecule has 3 N–H and O–H groups in total. The summed E-state index contributed by atoms with van der Waals surface area (Å²) < 4.78 is 5.40. The van der Waals surface area contributed by atoms with E-state index in [1.807, 2.05) is 0 Å². The Morgan fingerprint density at radius 2 is 1.85 bits per heavy atom. The van der Waals surface area contributed by atoms with Gasteiger partial charge in [0, 0.05) is 6.07 Å². The number of aliphatic hydroxyl groups is 3. The molecule has 5 atom stereocenters. The second kappa shape index (κ2) is 6.06. The van der Waals surface area contributed by atoms with E-state index in [0.29, 0.717) is 4.90 Å². The predicted molar refractivity (Wildman–Crippen MR) is 71.3 cm³/mol. The third-order valence-electron chi connectivity index (χ3n) is 3.11. The minimum atomic E-state index is -1.35. The van der Waals surface area contributed by atoms with Crippen molar-refractivity contribution in [2.24, 2.45) is 0 Å². The Morgan fingerprint density at radius 1 is 1.20 bits per heavy atom. The van der Waals surface area contributed by atoms with Crippen molar-refractivity contribution < 1.29 is 25.0 Å². The number of ether oxygens (including phenoxy) is 1. The standard InChI is InChI=1S/C12H15NO6S/c1-6-9(14)10(15)11(16)12(19-6)20-8-5-3-2-4-7(8)13(17)18/h2-6,9-12,14-16H,1H3/t6-,9+,10-,11+,12-/m0/s1. The first kappa shape index (κ1) is 15.2. The SMILES string of the molecule is C[C@@H]1O[C@@H](Sc2ccccc2[N+](=O)[O-])[C@H](O)[C@@H](O)[C@@H]1O. The molecule has 0 aromatic heterocycles. The van der Waals surface area contributed by atoms with E-state index >= 15 is 0 Å². The number of rotatable bonds is 3. The zero-order valence-corrected chi connectivity index (χ0v) is 11.4. The van der Waals surface area contributed by atoms with Crippen molar-refractivity contribution >= 4 is 17.4 Å². The van der Waals surface area contributed by atoms with Gasteiger partial charge < -0.3 is 20.1 Å². The largest absolute Gasteiger partial charge is 0.388 e. The maximum atomic E-state index is 10.9. The van der Waals surface area contributed by atoms with Gasteiger partial charge in [0.05, 0.1) is 15.9 Å². The van der Waals surface area contributed by atoms with E-state index in [-0.39, 0.29) is 5.69 Å². The Morgan fingerprint density at radius 3 is 2.50 bits per heavy atom. The number of nitro benzene ring substituents is 1. The summed E-state index contributed by atoms with van der Waals surface area (Å²) in [7, 11) is 0. The number of aliphatic hydroxyl groups excluding tert-OH is 3. The van der Waals surface area contributed by atoms with Gasteiger partial charge in [0.1, 0.15) is 23.7 Å². The molecule has 1 aliphatic heterocycles. The summed E-state index contributed by atoms with van der Waals surface area (Å²) >= 11 is 0.952. The maximum Gasteiger partial charge on any atom is 0.282 e. The Bertz CT molecular complexity index is 499. The lowest BCUT2D eigenvalue weighted by Crippen LogP contribution is -2.55. The molecule has 0 amide bonds. The first-order valence-corrected chi connectivity index (χ1v) is 6.89. The predicted octanol–water partition coefficient (Wildman–Crippen LogP) is 0.514. The molecule has 0 spiro atoms. The molecule has 2 rings (SSSR count). The normalized spacial score (nSPS) is 33.9. The minimum Gasteiger partial charge on any atom is -0.388 e. The molecule has 0 radical (unpaired) electrons. The topological polar surface area (TPSA) is 113 Å². The van der Waals surface area contributed by atoms with Crippen molar-refractivity contribution in [3.8, 4) is 0 Å². The molecule has 1 aromatic rings. The number of nitro groups is 1. The molecular formula is C12H15NO6S. The second-order valence-corrected chi connectivity index (χ2v) is 5.66. The number of hydrogen-bond acceptors (Lipinski definition) is 7. The van der Waals surface area contributed by atoms with Gasteiger partial charge in [-0.2, -0.15) is 0 Å². The second-order valence-electron chi connectivity index (χ2n) is 4.52. The smallest absolute Gasteiger partial charge is 0.282 e. The van der Waals surface area contributed by atoms with Crippen molar-refractivity contribution in [3.05, 3.63) is 34.4 Å². The molecule has 1 aliphatic rings. The lowest BCUT2D eigenvalue weighted by atomic mass is 10.0. The van der Waals surface area contributed by atoms with Crippen LogP contribution in [0.5, 0.6) is 0 Å². The van der Waals surface area contributed by atoms with Gasteiger partial charge >= 0.3 is 0 Å². The van der Waals surface area contributed by atoms with Gasteiger partial charge in [-0.1, -0.05) is 23.9 Å². The molecule has 7 nitrogen and oxygen atoms in total. The first-order chi connectivity index (χ1) is 9.41. The van der Waals surface area contributed by atoms with Crippen molar-refractivity contribution in [1.29, 1.82) is 0 Å². The van der Waals surface area contributed by atoms with Gasteiger partial charge in [0.25, 0.3) is 5.69 Å². The number of nitrogens with zero attached hydrogens (tertiary/aromatic N) is 1. The van der Waals surface area contributed by atoms with Gasteiger partial charge in [-0.3, -0.25) is 10.1 Å². The Labute approximate surface area is 119 Å². The molecule has 0 aliphatic carbocycles. The van der Waals surface area contributed by atoms with E-state index in [4.69, 9.17) is 4.74 Å². The third-order valence-corrected chi connectivity index (χ3v) is 4.33. The molecule has 0 saturated carbocycles. The molecule has 110 valence electrons. The molecule has 0 bridgehead atoms. The summed E-state index contributed by atoms with van der Waals surface area (Å²) in [5.74, 6) is 0. The van der Waals surface area contributed by atoms with Crippen molar-refractivity contribution in [1.82, 2.24) is 0 Å². The van der Waals surface area contributed by atoms with Crippen LogP contribution < -0.4 is 0 Å². The third kappa shape index (κ3) is 2.94. The van der Waals surface area contributed by atoms with Gasteiger partial charge in [-0.05, 0) is 13.0 Å². The lowest BCUT2D eigenvalue weighted by Gasteiger charge is -2.38. The maximum absolute atomic E-state index is 10.9. The summed E-state index contributed by atoms with van der Waals surface area (Å²) in [4.78, 5) is 10.7. The highest BCUT2D eigenvalue weighted by molar-refractivity contribution is 8.00. The quantitative estimate of drug-likeness (QED) is 0.551. The summed E-state index contributed by atoms with van der Waals surface area (Å²) in [6, 6.07) is 6.08. The van der Waals surface area contributed by atoms with E-state index in [0.717, 1.165) is 11.8 Å². The van der Waals surface area contributed by atoms with E-state index < -0.39 is 34.8 Å². The van der Waals surface area contributed by atoms with Gasteiger partial charge in [0.2, 0.25) is 0 Å². The lowest BCUT2D eigenvalue weighted by molar-refractivity contribution is -0.387. The molecule has 1 heterocycles. The van der Waals surface area contributed by atoms with Gasteiger partial charge in [0.15, 0.2) is 0 Å². The zero-order valence-electron chi connectivity index (χ0n) is 10.6. The van der Waals surface area contributed by atoms with Crippen LogP contribution in [0.3, 0.4) is 0 Å². The van der Waals surface area contributed by atoms with Crippen LogP contribution in [0.2, 0.25) is 0 Å². The monoisotopic (exact) mass is 301 g/mol. The zero-order chi connectivity index (χ0) is 14.9. The highest BCUT2D eigenvalue weighted by atomic mass is 32.2. The number of thioether (sulfide) groups is 1. The molecule has 20 heavy (non-hydrogen) atoms. The minimum absolute atomic E-state index is 0.0958. The molecule has 1 aromatic carbocycles. The van der Waals surface area contributed by atoms with E-state index in [1.54, 1.807) is 25.1 Å². The molecule has 1 saturated heterocycles. The fourth-order valence-corrected chi connectivity index (χ4v) is 3.15. The molecule has 8 heteroatoms. The Hall–Kier alpha value is -1.19. The number of hydrogen-bond donors (Lipinski definition) is 3. The Kier molecular flexibility index (Phi) is 4.61. The average molecular weight is 301 g/mol. The highest BCUT2D eigenvalue weighted by Gasteiger charge is 2.42. The van der Waals surface area contributed by atoms with Crippen LogP contribution in [0.1, 0.15) is 6.92 Å².